The minimum absolute atomic E-state index is 0.0536. The van der Waals surface area contributed by atoms with Crippen molar-refractivity contribution in [3.63, 3.8) is 0 Å². The molecule has 3 unspecified atom stereocenters. The monoisotopic (exact) mass is 291 g/mol. The number of ether oxygens (including phenoxy) is 1. The number of benzene rings is 1. The molecule has 3 atom stereocenters. The second-order valence-corrected chi connectivity index (χ2v) is 5.55. The second kappa shape index (κ2) is 6.61. The summed E-state index contributed by atoms with van der Waals surface area (Å²) in [7, 11) is 1.61. The number of carboxylic acids is 1. The van der Waals surface area contributed by atoms with Crippen molar-refractivity contribution in [2.45, 2.75) is 32.2 Å². The zero-order chi connectivity index (χ0) is 15.4. The molecule has 0 heterocycles. The van der Waals surface area contributed by atoms with Gasteiger partial charge in [0.2, 0.25) is 5.91 Å². The van der Waals surface area contributed by atoms with Crippen LogP contribution in [-0.4, -0.2) is 24.1 Å². The summed E-state index contributed by atoms with van der Waals surface area (Å²) >= 11 is 0. The van der Waals surface area contributed by atoms with Crippen molar-refractivity contribution in [2.75, 3.05) is 7.11 Å². The maximum absolute atomic E-state index is 12.2. The van der Waals surface area contributed by atoms with Crippen LogP contribution in [0.3, 0.4) is 0 Å². The molecule has 1 fully saturated rings. The standard InChI is InChI=1S/C16H21NO4/c1-10(11-5-7-14(21-2)8-6-11)17-15(18)12-3-4-13(9-12)16(19)20/h5-8,10,12-13H,3-4,9H2,1-2H3,(H,17,18)(H,19,20). The van der Waals surface area contributed by atoms with E-state index in [1.165, 1.54) is 0 Å². The number of amides is 1. The van der Waals surface area contributed by atoms with Gasteiger partial charge in [0.05, 0.1) is 19.1 Å². The van der Waals surface area contributed by atoms with Crippen molar-refractivity contribution in [3.8, 4) is 5.75 Å². The van der Waals surface area contributed by atoms with E-state index in [1.807, 2.05) is 31.2 Å². The molecule has 2 rings (SSSR count). The Kier molecular flexibility index (Phi) is 4.83. The summed E-state index contributed by atoms with van der Waals surface area (Å²) in [4.78, 5) is 23.1. The van der Waals surface area contributed by atoms with Gasteiger partial charge < -0.3 is 15.2 Å². The van der Waals surface area contributed by atoms with Crippen LogP contribution in [-0.2, 0) is 9.59 Å². The van der Waals surface area contributed by atoms with Crippen LogP contribution in [0.5, 0.6) is 5.75 Å². The van der Waals surface area contributed by atoms with E-state index in [2.05, 4.69) is 5.32 Å². The predicted molar refractivity (Wildman–Crippen MR) is 78.0 cm³/mol. The second-order valence-electron chi connectivity index (χ2n) is 5.55. The first-order valence-electron chi connectivity index (χ1n) is 7.18. The molecule has 5 nitrogen and oxygen atoms in total. The van der Waals surface area contributed by atoms with Crippen LogP contribution in [0, 0.1) is 11.8 Å². The first-order valence-corrected chi connectivity index (χ1v) is 7.18. The molecule has 0 saturated heterocycles. The summed E-state index contributed by atoms with van der Waals surface area (Å²) in [5.41, 5.74) is 0.997. The third-order valence-electron chi connectivity index (χ3n) is 4.13. The van der Waals surface area contributed by atoms with Crippen molar-refractivity contribution >= 4 is 11.9 Å². The van der Waals surface area contributed by atoms with Crippen LogP contribution in [0.1, 0.15) is 37.8 Å². The summed E-state index contributed by atoms with van der Waals surface area (Å²) in [6, 6.07) is 7.44. The first kappa shape index (κ1) is 15.4. The molecule has 1 aromatic carbocycles. The van der Waals surface area contributed by atoms with Crippen LogP contribution in [0.15, 0.2) is 24.3 Å². The SMILES string of the molecule is COc1ccc(C(C)NC(=O)C2CCC(C(=O)O)C2)cc1. The molecule has 2 N–H and O–H groups in total. The lowest BCUT2D eigenvalue weighted by atomic mass is 10.0. The lowest BCUT2D eigenvalue weighted by molar-refractivity contribution is -0.141. The van der Waals surface area contributed by atoms with Crippen molar-refractivity contribution in [2.24, 2.45) is 11.8 Å². The van der Waals surface area contributed by atoms with Crippen molar-refractivity contribution in [1.82, 2.24) is 5.32 Å². The number of methoxy groups -OCH3 is 1. The molecule has 0 aromatic heterocycles. The van der Waals surface area contributed by atoms with E-state index >= 15 is 0 Å². The summed E-state index contributed by atoms with van der Waals surface area (Å²) in [6.45, 7) is 1.92. The van der Waals surface area contributed by atoms with Crippen LogP contribution >= 0.6 is 0 Å². The molecule has 21 heavy (non-hydrogen) atoms. The Bertz CT molecular complexity index is 512. The quantitative estimate of drug-likeness (QED) is 0.873. The molecular formula is C16H21NO4. The topological polar surface area (TPSA) is 75.6 Å². The highest BCUT2D eigenvalue weighted by Crippen LogP contribution is 2.31. The number of carboxylic acid groups (broad SMARTS) is 1. The summed E-state index contributed by atoms with van der Waals surface area (Å²) in [5.74, 6) is -0.642. The van der Waals surface area contributed by atoms with Crippen molar-refractivity contribution in [3.05, 3.63) is 29.8 Å². The van der Waals surface area contributed by atoms with Gasteiger partial charge in [0.1, 0.15) is 5.75 Å². The van der Waals surface area contributed by atoms with Gasteiger partial charge in [-0.15, -0.1) is 0 Å². The Hall–Kier alpha value is -2.04. The van der Waals surface area contributed by atoms with Crippen LogP contribution in [0.4, 0.5) is 0 Å². The zero-order valence-electron chi connectivity index (χ0n) is 12.3. The Labute approximate surface area is 124 Å². The first-order chi connectivity index (χ1) is 10.0. The van der Waals surface area contributed by atoms with Crippen LogP contribution in [0.25, 0.3) is 0 Å². The van der Waals surface area contributed by atoms with Gasteiger partial charge in [-0.25, -0.2) is 0 Å². The molecule has 0 bridgehead atoms. The van der Waals surface area contributed by atoms with Gasteiger partial charge >= 0.3 is 5.97 Å². The summed E-state index contributed by atoms with van der Waals surface area (Å²) in [6.07, 6.45) is 1.68. The van der Waals surface area contributed by atoms with Gasteiger partial charge in [-0.3, -0.25) is 9.59 Å². The van der Waals surface area contributed by atoms with Crippen molar-refractivity contribution in [1.29, 1.82) is 0 Å². The number of hydrogen-bond donors (Lipinski definition) is 2. The fourth-order valence-electron chi connectivity index (χ4n) is 2.75. The van der Waals surface area contributed by atoms with Gasteiger partial charge in [-0.2, -0.15) is 0 Å². The Morgan fingerprint density at radius 3 is 2.38 bits per heavy atom. The largest absolute Gasteiger partial charge is 0.497 e. The lowest BCUT2D eigenvalue weighted by Crippen LogP contribution is -2.32. The number of hydrogen-bond acceptors (Lipinski definition) is 3. The van der Waals surface area contributed by atoms with Gasteiger partial charge in [-0.1, -0.05) is 12.1 Å². The molecular weight excluding hydrogens is 270 g/mol. The minimum Gasteiger partial charge on any atom is -0.497 e. The predicted octanol–water partition coefficient (Wildman–Crippen LogP) is 2.37. The van der Waals surface area contributed by atoms with Gasteiger partial charge in [-0.05, 0) is 43.9 Å². The average Bonchev–Trinajstić information content (AvgIpc) is 2.97. The molecule has 0 radical (unpaired) electrons. The third kappa shape index (κ3) is 3.74. The third-order valence-corrected chi connectivity index (χ3v) is 4.13. The Morgan fingerprint density at radius 1 is 1.24 bits per heavy atom. The average molecular weight is 291 g/mol. The van der Waals surface area contributed by atoms with E-state index in [9.17, 15) is 9.59 Å². The minimum atomic E-state index is -0.798. The summed E-state index contributed by atoms with van der Waals surface area (Å²) < 4.78 is 5.10. The molecule has 1 aromatic rings. The zero-order valence-corrected chi connectivity index (χ0v) is 12.3. The molecule has 0 aliphatic heterocycles. The van der Waals surface area contributed by atoms with Gasteiger partial charge in [0.15, 0.2) is 0 Å². The molecule has 1 aliphatic carbocycles. The molecule has 1 amide bonds. The maximum atomic E-state index is 12.2. The van der Waals surface area contributed by atoms with E-state index in [0.29, 0.717) is 19.3 Å². The summed E-state index contributed by atoms with van der Waals surface area (Å²) in [5, 5.41) is 11.9. The molecule has 114 valence electrons. The normalized spacial score (nSPS) is 22.6. The Balaban J connectivity index is 1.91. The fourth-order valence-corrected chi connectivity index (χ4v) is 2.75. The smallest absolute Gasteiger partial charge is 0.306 e. The van der Waals surface area contributed by atoms with E-state index in [4.69, 9.17) is 9.84 Å². The fraction of sp³-hybridized carbons (Fsp3) is 0.500. The molecule has 0 spiro atoms. The highest BCUT2D eigenvalue weighted by molar-refractivity contribution is 5.81. The molecule has 5 heteroatoms. The van der Waals surface area contributed by atoms with E-state index in [-0.39, 0.29) is 23.8 Å². The van der Waals surface area contributed by atoms with Crippen LogP contribution in [0.2, 0.25) is 0 Å². The highest BCUT2D eigenvalue weighted by atomic mass is 16.5. The number of nitrogens with one attached hydrogen (secondary N) is 1. The number of carbonyl (C=O) groups excluding carboxylic acids is 1. The number of rotatable bonds is 5. The lowest BCUT2D eigenvalue weighted by Gasteiger charge is -2.17. The van der Waals surface area contributed by atoms with Crippen molar-refractivity contribution < 1.29 is 19.4 Å². The molecule has 1 saturated carbocycles. The maximum Gasteiger partial charge on any atom is 0.306 e. The number of aliphatic carboxylic acids is 1. The molecule has 1 aliphatic rings. The Morgan fingerprint density at radius 2 is 1.86 bits per heavy atom. The van der Waals surface area contributed by atoms with E-state index in [1.54, 1.807) is 7.11 Å². The van der Waals surface area contributed by atoms with Gasteiger partial charge in [0, 0.05) is 5.92 Å². The van der Waals surface area contributed by atoms with E-state index < -0.39 is 5.97 Å². The highest BCUT2D eigenvalue weighted by Gasteiger charge is 2.34. The van der Waals surface area contributed by atoms with Gasteiger partial charge in [0.25, 0.3) is 0 Å². The van der Waals surface area contributed by atoms with E-state index in [0.717, 1.165) is 11.3 Å². The number of carbonyl (C=O) groups is 2. The van der Waals surface area contributed by atoms with Crippen LogP contribution < -0.4 is 10.1 Å².